The van der Waals surface area contributed by atoms with Gasteiger partial charge in [-0.1, -0.05) is 17.7 Å². The van der Waals surface area contributed by atoms with E-state index in [0.29, 0.717) is 13.1 Å². The summed E-state index contributed by atoms with van der Waals surface area (Å²) in [6, 6.07) is 13.5. The van der Waals surface area contributed by atoms with Gasteiger partial charge in [0.2, 0.25) is 6.41 Å². The van der Waals surface area contributed by atoms with E-state index in [-0.39, 0.29) is 10.6 Å². The number of carbonyl (C=O) groups excluding carboxylic acids is 1. The molecule has 2 aromatic rings. The lowest BCUT2D eigenvalue weighted by Crippen LogP contribution is -2.45. The average Bonchev–Trinajstić information content (AvgIpc) is 2.62. The van der Waals surface area contributed by atoms with E-state index in [9.17, 15) is 13.2 Å². The summed E-state index contributed by atoms with van der Waals surface area (Å²) >= 11 is 0. The highest BCUT2D eigenvalue weighted by Gasteiger charge is 2.18. The van der Waals surface area contributed by atoms with E-state index in [1.54, 1.807) is 29.2 Å². The van der Waals surface area contributed by atoms with Crippen molar-refractivity contribution in [1.82, 2.24) is 4.90 Å². The molecule has 1 saturated heterocycles. The van der Waals surface area contributed by atoms with E-state index in [4.69, 9.17) is 4.18 Å². The summed E-state index contributed by atoms with van der Waals surface area (Å²) in [4.78, 5) is 14.8. The number of benzene rings is 2. The normalized spacial score (nSPS) is 15.1. The van der Waals surface area contributed by atoms with Gasteiger partial charge >= 0.3 is 10.1 Å². The zero-order chi connectivity index (χ0) is 17.9. The van der Waals surface area contributed by atoms with Crippen LogP contribution in [-0.2, 0) is 14.9 Å². The molecule has 3 rings (SSSR count). The van der Waals surface area contributed by atoms with E-state index >= 15 is 0 Å². The van der Waals surface area contributed by atoms with Crippen molar-refractivity contribution >= 4 is 22.2 Å². The Bertz CT molecular complexity index is 824. The number of amides is 1. The van der Waals surface area contributed by atoms with Gasteiger partial charge in [-0.05, 0) is 43.3 Å². The third-order valence-electron chi connectivity index (χ3n) is 4.18. The van der Waals surface area contributed by atoms with Crippen molar-refractivity contribution in [3.63, 3.8) is 0 Å². The van der Waals surface area contributed by atoms with Crippen LogP contribution in [0, 0.1) is 6.92 Å². The van der Waals surface area contributed by atoms with Crippen LogP contribution in [0.3, 0.4) is 0 Å². The third kappa shape index (κ3) is 4.11. The SMILES string of the molecule is Cc1ccc(S(=O)(=O)Oc2ccc(N3CCN(C=O)CC3)cc2)cc1. The monoisotopic (exact) mass is 360 g/mol. The summed E-state index contributed by atoms with van der Waals surface area (Å²) in [5.41, 5.74) is 1.96. The molecule has 6 nitrogen and oxygen atoms in total. The molecule has 7 heteroatoms. The van der Waals surface area contributed by atoms with Crippen LogP contribution in [-0.4, -0.2) is 45.9 Å². The molecule has 0 spiro atoms. The van der Waals surface area contributed by atoms with Crippen LogP contribution in [0.4, 0.5) is 5.69 Å². The average molecular weight is 360 g/mol. The topological polar surface area (TPSA) is 66.9 Å². The van der Waals surface area contributed by atoms with E-state index in [2.05, 4.69) is 4.90 Å². The summed E-state index contributed by atoms with van der Waals surface area (Å²) in [6.45, 7) is 4.76. The maximum Gasteiger partial charge on any atom is 0.339 e. The molecule has 1 fully saturated rings. The van der Waals surface area contributed by atoms with Gasteiger partial charge in [0.15, 0.2) is 0 Å². The van der Waals surface area contributed by atoms with Crippen molar-refractivity contribution in [3.8, 4) is 5.75 Å². The lowest BCUT2D eigenvalue weighted by molar-refractivity contribution is -0.118. The highest BCUT2D eigenvalue weighted by molar-refractivity contribution is 7.87. The molecule has 1 aliphatic heterocycles. The van der Waals surface area contributed by atoms with Crippen LogP contribution in [0.1, 0.15) is 5.56 Å². The Hall–Kier alpha value is -2.54. The molecule has 0 atom stereocenters. The van der Waals surface area contributed by atoms with Gasteiger partial charge in [-0.3, -0.25) is 4.79 Å². The number of piperazine rings is 1. The fourth-order valence-electron chi connectivity index (χ4n) is 2.68. The molecule has 0 radical (unpaired) electrons. The summed E-state index contributed by atoms with van der Waals surface area (Å²) in [6.07, 6.45) is 0.865. The van der Waals surface area contributed by atoms with Crippen LogP contribution < -0.4 is 9.08 Å². The van der Waals surface area contributed by atoms with Gasteiger partial charge in [0, 0.05) is 31.9 Å². The van der Waals surface area contributed by atoms with Gasteiger partial charge in [-0.2, -0.15) is 8.42 Å². The molecule has 0 bridgehead atoms. The van der Waals surface area contributed by atoms with Gasteiger partial charge in [0.05, 0.1) is 0 Å². The molecule has 0 N–H and O–H groups in total. The summed E-state index contributed by atoms with van der Waals surface area (Å²) < 4.78 is 29.8. The predicted octanol–water partition coefficient (Wildman–Crippen LogP) is 2.04. The molecular weight excluding hydrogens is 340 g/mol. The Morgan fingerprint density at radius 3 is 2.08 bits per heavy atom. The van der Waals surface area contributed by atoms with Crippen molar-refractivity contribution in [1.29, 1.82) is 0 Å². The zero-order valence-corrected chi connectivity index (χ0v) is 14.8. The molecule has 2 aromatic carbocycles. The third-order valence-corrected chi connectivity index (χ3v) is 5.44. The maximum atomic E-state index is 12.3. The Morgan fingerprint density at radius 2 is 1.52 bits per heavy atom. The molecule has 0 saturated carbocycles. The summed E-state index contributed by atoms with van der Waals surface area (Å²) in [5.74, 6) is 0.274. The molecule has 132 valence electrons. The molecule has 25 heavy (non-hydrogen) atoms. The van der Waals surface area contributed by atoms with E-state index in [1.807, 2.05) is 19.1 Å². The first-order valence-corrected chi connectivity index (χ1v) is 9.44. The Balaban J connectivity index is 1.68. The van der Waals surface area contributed by atoms with Crippen LogP contribution >= 0.6 is 0 Å². The number of carbonyl (C=O) groups is 1. The second-order valence-electron chi connectivity index (χ2n) is 5.97. The minimum Gasteiger partial charge on any atom is -0.379 e. The van der Waals surface area contributed by atoms with Crippen molar-refractivity contribution in [3.05, 3.63) is 54.1 Å². The molecule has 0 aliphatic carbocycles. The van der Waals surface area contributed by atoms with Gasteiger partial charge in [-0.15, -0.1) is 0 Å². The number of rotatable bonds is 5. The number of hydrogen-bond donors (Lipinski definition) is 0. The molecule has 1 heterocycles. The Labute approximate surface area is 147 Å². The molecular formula is C18H20N2O4S. The predicted molar refractivity (Wildman–Crippen MR) is 95.3 cm³/mol. The second-order valence-corrected chi connectivity index (χ2v) is 7.52. The molecule has 0 aromatic heterocycles. The minimum atomic E-state index is -3.84. The molecule has 0 unspecified atom stereocenters. The van der Waals surface area contributed by atoms with Gasteiger partial charge in [-0.25, -0.2) is 0 Å². The first-order chi connectivity index (χ1) is 12.0. The van der Waals surface area contributed by atoms with E-state index < -0.39 is 10.1 Å². The Morgan fingerprint density at radius 1 is 0.920 bits per heavy atom. The number of nitrogens with zero attached hydrogens (tertiary/aromatic N) is 2. The quantitative estimate of drug-likeness (QED) is 0.603. The van der Waals surface area contributed by atoms with E-state index in [0.717, 1.165) is 30.8 Å². The van der Waals surface area contributed by atoms with Gasteiger partial charge in [0.1, 0.15) is 10.6 Å². The van der Waals surface area contributed by atoms with Crippen molar-refractivity contribution in [2.24, 2.45) is 0 Å². The smallest absolute Gasteiger partial charge is 0.339 e. The summed E-state index contributed by atoms with van der Waals surface area (Å²) in [5, 5.41) is 0. The first kappa shape index (κ1) is 17.3. The zero-order valence-electron chi connectivity index (χ0n) is 14.0. The fourth-order valence-corrected chi connectivity index (χ4v) is 3.61. The molecule has 1 amide bonds. The minimum absolute atomic E-state index is 0.132. The molecule has 1 aliphatic rings. The largest absolute Gasteiger partial charge is 0.379 e. The van der Waals surface area contributed by atoms with Gasteiger partial charge in [0.25, 0.3) is 0 Å². The number of aryl methyl sites for hydroxylation is 1. The van der Waals surface area contributed by atoms with Crippen LogP contribution in [0.15, 0.2) is 53.4 Å². The number of anilines is 1. The van der Waals surface area contributed by atoms with Crippen LogP contribution in [0.2, 0.25) is 0 Å². The fraction of sp³-hybridized carbons (Fsp3) is 0.278. The second kappa shape index (κ2) is 7.14. The summed E-state index contributed by atoms with van der Waals surface area (Å²) in [7, 11) is -3.84. The highest BCUT2D eigenvalue weighted by Crippen LogP contribution is 2.23. The van der Waals surface area contributed by atoms with E-state index in [1.165, 1.54) is 12.1 Å². The highest BCUT2D eigenvalue weighted by atomic mass is 32.2. The van der Waals surface area contributed by atoms with Crippen LogP contribution in [0.5, 0.6) is 5.75 Å². The lowest BCUT2D eigenvalue weighted by atomic mass is 10.2. The van der Waals surface area contributed by atoms with Crippen LogP contribution in [0.25, 0.3) is 0 Å². The lowest BCUT2D eigenvalue weighted by Gasteiger charge is -2.34. The first-order valence-electron chi connectivity index (χ1n) is 8.03. The van der Waals surface area contributed by atoms with Gasteiger partial charge < -0.3 is 14.0 Å². The maximum absolute atomic E-state index is 12.3. The standard InChI is InChI=1S/C18H20N2O4S/c1-15-2-8-18(9-3-15)25(22,23)24-17-6-4-16(5-7-17)20-12-10-19(14-21)11-13-20/h2-9,14H,10-13H2,1H3. The number of hydrogen-bond acceptors (Lipinski definition) is 5. The van der Waals surface area contributed by atoms with Crippen molar-refractivity contribution in [2.75, 3.05) is 31.1 Å². The van der Waals surface area contributed by atoms with Crippen molar-refractivity contribution < 1.29 is 17.4 Å². The Kier molecular flexibility index (Phi) is 4.94. The van der Waals surface area contributed by atoms with Crippen molar-refractivity contribution in [2.45, 2.75) is 11.8 Å².